The maximum absolute atomic E-state index is 10.8. The van der Waals surface area contributed by atoms with Crippen LogP contribution < -0.4 is 0 Å². The van der Waals surface area contributed by atoms with Gasteiger partial charge in [-0.1, -0.05) is 45.0 Å². The third kappa shape index (κ3) is 2.49. The predicted molar refractivity (Wildman–Crippen MR) is 62.2 cm³/mol. The molecule has 0 amide bonds. The van der Waals surface area contributed by atoms with Crippen LogP contribution in [-0.2, 0) is 15.8 Å². The first-order valence-corrected chi connectivity index (χ1v) is 5.24. The molecule has 0 heterocycles. The van der Waals surface area contributed by atoms with Gasteiger partial charge in [0.1, 0.15) is 0 Å². The minimum atomic E-state index is -1.79. The van der Waals surface area contributed by atoms with Crippen molar-refractivity contribution in [2.75, 3.05) is 6.61 Å². The van der Waals surface area contributed by atoms with Crippen LogP contribution in [0.4, 0.5) is 0 Å². The van der Waals surface area contributed by atoms with Crippen molar-refractivity contribution in [2.24, 2.45) is 0 Å². The third-order valence-electron chi connectivity index (χ3n) is 2.66. The lowest BCUT2D eigenvalue weighted by molar-refractivity contribution is -0.129. The topological polar surface area (TPSA) is 57.5 Å². The van der Waals surface area contributed by atoms with Crippen LogP contribution in [0.1, 0.15) is 31.9 Å². The molecule has 0 aromatic heterocycles. The maximum atomic E-state index is 10.8. The number of aliphatic hydroxyl groups is 2. The summed E-state index contributed by atoms with van der Waals surface area (Å²) in [7, 11) is 0. The molecular weight excluding hydrogens is 204 g/mol. The molecule has 0 fully saturated rings. The van der Waals surface area contributed by atoms with Gasteiger partial charge in [-0.05, 0) is 16.5 Å². The van der Waals surface area contributed by atoms with Crippen LogP contribution in [0.2, 0.25) is 0 Å². The number of carbonyl (C=O) groups excluding carboxylic acids is 1. The van der Waals surface area contributed by atoms with Crippen molar-refractivity contribution in [1.82, 2.24) is 0 Å². The zero-order valence-electron chi connectivity index (χ0n) is 9.90. The molecule has 2 N–H and O–H groups in total. The summed E-state index contributed by atoms with van der Waals surface area (Å²) in [6.07, 6.45) is 0.370. The molecule has 0 radical (unpaired) electrons. The van der Waals surface area contributed by atoms with Crippen molar-refractivity contribution in [3.8, 4) is 0 Å². The van der Waals surface area contributed by atoms with Crippen molar-refractivity contribution in [1.29, 1.82) is 0 Å². The van der Waals surface area contributed by atoms with Crippen LogP contribution in [0.3, 0.4) is 0 Å². The SMILES string of the molecule is CC(C)(C)c1cccc(C(O)(C=O)CO)c1. The van der Waals surface area contributed by atoms with Gasteiger partial charge in [-0.2, -0.15) is 0 Å². The Morgan fingerprint density at radius 2 is 1.81 bits per heavy atom. The molecule has 3 heteroatoms. The molecule has 16 heavy (non-hydrogen) atoms. The fourth-order valence-electron chi connectivity index (χ4n) is 1.45. The van der Waals surface area contributed by atoms with E-state index in [1.54, 1.807) is 18.2 Å². The molecule has 1 aromatic carbocycles. The Morgan fingerprint density at radius 1 is 1.25 bits per heavy atom. The van der Waals surface area contributed by atoms with E-state index in [-0.39, 0.29) is 5.41 Å². The van der Waals surface area contributed by atoms with Gasteiger partial charge in [0.05, 0.1) is 6.61 Å². The van der Waals surface area contributed by atoms with Crippen LogP contribution in [0.15, 0.2) is 24.3 Å². The van der Waals surface area contributed by atoms with Crippen LogP contribution in [-0.4, -0.2) is 23.1 Å². The van der Waals surface area contributed by atoms with Gasteiger partial charge >= 0.3 is 0 Å². The summed E-state index contributed by atoms with van der Waals surface area (Å²) >= 11 is 0. The summed E-state index contributed by atoms with van der Waals surface area (Å²) in [5.41, 5.74) is -0.410. The normalized spacial score (nSPS) is 15.6. The number of hydrogen-bond donors (Lipinski definition) is 2. The molecule has 1 unspecified atom stereocenters. The lowest BCUT2D eigenvalue weighted by Gasteiger charge is -2.24. The van der Waals surface area contributed by atoms with Crippen molar-refractivity contribution in [2.45, 2.75) is 31.8 Å². The van der Waals surface area contributed by atoms with Crippen LogP contribution in [0.25, 0.3) is 0 Å². The Bertz CT molecular complexity index is 379. The van der Waals surface area contributed by atoms with Gasteiger partial charge < -0.3 is 10.2 Å². The highest BCUT2D eigenvalue weighted by Crippen LogP contribution is 2.26. The molecule has 0 saturated heterocycles. The van der Waals surface area contributed by atoms with Gasteiger partial charge in [-0.15, -0.1) is 0 Å². The average Bonchev–Trinajstić information content (AvgIpc) is 2.27. The molecule has 3 nitrogen and oxygen atoms in total. The lowest BCUT2D eigenvalue weighted by atomic mass is 9.84. The molecule has 0 spiro atoms. The van der Waals surface area contributed by atoms with Crippen LogP contribution >= 0.6 is 0 Å². The number of rotatable bonds is 3. The van der Waals surface area contributed by atoms with Gasteiger partial charge in [0.25, 0.3) is 0 Å². The monoisotopic (exact) mass is 222 g/mol. The standard InChI is InChI=1S/C13H18O3/c1-12(2,3)10-5-4-6-11(7-10)13(16,8-14)9-15/h4-8,15-16H,9H2,1-3H3. The molecule has 1 atom stereocenters. The van der Waals surface area contributed by atoms with E-state index < -0.39 is 12.2 Å². The van der Waals surface area contributed by atoms with E-state index in [4.69, 9.17) is 5.11 Å². The minimum Gasteiger partial charge on any atom is -0.393 e. The Balaban J connectivity index is 3.22. The molecule has 0 aliphatic carbocycles. The quantitative estimate of drug-likeness (QED) is 0.759. The highest BCUT2D eigenvalue weighted by Gasteiger charge is 2.28. The first-order valence-electron chi connectivity index (χ1n) is 5.24. The second kappa shape index (κ2) is 4.36. The fourth-order valence-corrected chi connectivity index (χ4v) is 1.45. The predicted octanol–water partition coefficient (Wildman–Crippen LogP) is 1.36. The molecule has 1 rings (SSSR count). The molecular formula is C13H18O3. The number of benzene rings is 1. The first-order chi connectivity index (χ1) is 7.33. The number of hydrogen-bond acceptors (Lipinski definition) is 3. The van der Waals surface area contributed by atoms with E-state index >= 15 is 0 Å². The van der Waals surface area contributed by atoms with Gasteiger partial charge in [0, 0.05) is 0 Å². The van der Waals surface area contributed by atoms with Crippen molar-refractivity contribution in [3.63, 3.8) is 0 Å². The summed E-state index contributed by atoms with van der Waals surface area (Å²) in [6, 6.07) is 7.11. The van der Waals surface area contributed by atoms with Gasteiger partial charge in [0.2, 0.25) is 0 Å². The lowest BCUT2D eigenvalue weighted by Crippen LogP contribution is -2.32. The number of aliphatic hydroxyl groups excluding tert-OH is 1. The van der Waals surface area contributed by atoms with E-state index in [0.29, 0.717) is 11.8 Å². The summed E-state index contributed by atoms with van der Waals surface area (Å²) in [4.78, 5) is 10.8. The third-order valence-corrected chi connectivity index (χ3v) is 2.66. The van der Waals surface area contributed by atoms with E-state index in [9.17, 15) is 9.90 Å². The second-order valence-corrected chi connectivity index (χ2v) is 5.03. The fraction of sp³-hybridized carbons (Fsp3) is 0.462. The van der Waals surface area contributed by atoms with Gasteiger partial charge in [0.15, 0.2) is 11.9 Å². The Labute approximate surface area is 95.7 Å². The van der Waals surface area contributed by atoms with Crippen molar-refractivity contribution >= 4 is 6.29 Å². The van der Waals surface area contributed by atoms with Crippen molar-refractivity contribution in [3.05, 3.63) is 35.4 Å². The molecule has 0 aliphatic heterocycles. The summed E-state index contributed by atoms with van der Waals surface area (Å²) in [5.74, 6) is 0. The Hall–Kier alpha value is -1.19. The van der Waals surface area contributed by atoms with Crippen LogP contribution in [0, 0.1) is 0 Å². The van der Waals surface area contributed by atoms with E-state index in [1.807, 2.05) is 26.8 Å². The highest BCUT2D eigenvalue weighted by atomic mass is 16.3. The van der Waals surface area contributed by atoms with E-state index in [2.05, 4.69) is 0 Å². The zero-order chi connectivity index (χ0) is 12.4. The molecule has 1 aromatic rings. The van der Waals surface area contributed by atoms with E-state index in [0.717, 1.165) is 5.56 Å². The highest BCUT2D eigenvalue weighted by molar-refractivity contribution is 5.66. The molecule has 0 saturated carbocycles. The molecule has 88 valence electrons. The van der Waals surface area contributed by atoms with Gasteiger partial charge in [-0.25, -0.2) is 0 Å². The summed E-state index contributed by atoms with van der Waals surface area (Å²) < 4.78 is 0. The minimum absolute atomic E-state index is 0.0603. The summed E-state index contributed by atoms with van der Waals surface area (Å²) in [6.45, 7) is 5.53. The average molecular weight is 222 g/mol. The smallest absolute Gasteiger partial charge is 0.167 e. The maximum Gasteiger partial charge on any atom is 0.167 e. The number of aldehydes is 1. The molecule has 0 aliphatic rings. The second-order valence-electron chi connectivity index (χ2n) is 5.03. The van der Waals surface area contributed by atoms with Gasteiger partial charge in [-0.3, -0.25) is 4.79 Å². The first kappa shape index (κ1) is 12.9. The largest absolute Gasteiger partial charge is 0.393 e. The summed E-state index contributed by atoms with van der Waals surface area (Å²) in [5, 5.41) is 18.9. The zero-order valence-corrected chi connectivity index (χ0v) is 9.90. The molecule has 0 bridgehead atoms. The Kier molecular flexibility index (Phi) is 3.51. The van der Waals surface area contributed by atoms with Crippen LogP contribution in [0.5, 0.6) is 0 Å². The Morgan fingerprint density at radius 3 is 2.25 bits per heavy atom. The van der Waals surface area contributed by atoms with E-state index in [1.165, 1.54) is 0 Å². The number of carbonyl (C=O) groups is 1. The van der Waals surface area contributed by atoms with Crippen molar-refractivity contribution < 1.29 is 15.0 Å².